The lowest BCUT2D eigenvalue weighted by Crippen LogP contribution is -2.38. The van der Waals surface area contributed by atoms with Gasteiger partial charge in [-0.1, -0.05) is 30.3 Å². The summed E-state index contributed by atoms with van der Waals surface area (Å²) < 4.78 is 49.0. The van der Waals surface area contributed by atoms with Gasteiger partial charge >= 0.3 is 6.18 Å². The summed E-state index contributed by atoms with van der Waals surface area (Å²) in [5.41, 5.74) is 0.832. The van der Waals surface area contributed by atoms with Gasteiger partial charge in [-0.05, 0) is 12.1 Å². The third-order valence-electron chi connectivity index (χ3n) is 3.81. The highest BCUT2D eigenvalue weighted by Gasteiger charge is 2.33. The topological polar surface area (TPSA) is 59.5 Å². The minimum absolute atomic E-state index is 0.109. The molecule has 3 rings (SSSR count). The SMILES string of the molecule is O=C(CCc1ncc(-c2ccccc2)o1)N(Cc1ccco1)CC(F)(F)F. The maximum Gasteiger partial charge on any atom is 0.406 e. The lowest BCUT2D eigenvalue weighted by molar-refractivity contribution is -0.162. The van der Waals surface area contributed by atoms with E-state index in [1.54, 1.807) is 6.07 Å². The fourth-order valence-electron chi connectivity index (χ4n) is 2.57. The van der Waals surface area contributed by atoms with Crippen molar-refractivity contribution in [2.75, 3.05) is 6.54 Å². The summed E-state index contributed by atoms with van der Waals surface area (Å²) in [6.07, 6.45) is -1.65. The van der Waals surface area contributed by atoms with Crippen LogP contribution in [0.2, 0.25) is 0 Å². The van der Waals surface area contributed by atoms with E-state index < -0.39 is 18.6 Å². The van der Waals surface area contributed by atoms with E-state index in [0.29, 0.717) is 11.7 Å². The molecule has 0 saturated carbocycles. The Kier molecular flexibility index (Phi) is 5.63. The highest BCUT2D eigenvalue weighted by atomic mass is 19.4. The van der Waals surface area contributed by atoms with Crippen LogP contribution in [0, 0.1) is 0 Å². The molecule has 0 N–H and O–H groups in total. The Balaban J connectivity index is 1.62. The van der Waals surface area contributed by atoms with E-state index >= 15 is 0 Å². The van der Waals surface area contributed by atoms with Crippen LogP contribution in [-0.2, 0) is 17.8 Å². The Labute approximate surface area is 153 Å². The number of benzene rings is 1. The van der Waals surface area contributed by atoms with Gasteiger partial charge in [-0.2, -0.15) is 13.2 Å². The molecule has 2 heterocycles. The average molecular weight is 378 g/mol. The average Bonchev–Trinajstić information content (AvgIpc) is 3.30. The molecule has 0 radical (unpaired) electrons. The van der Waals surface area contributed by atoms with Gasteiger partial charge in [0.05, 0.1) is 19.0 Å². The van der Waals surface area contributed by atoms with E-state index in [-0.39, 0.29) is 25.1 Å². The molecular formula is C19H17F3N2O3. The molecule has 0 spiro atoms. The minimum atomic E-state index is -4.49. The van der Waals surface area contributed by atoms with Crippen molar-refractivity contribution in [1.82, 2.24) is 9.88 Å². The van der Waals surface area contributed by atoms with Gasteiger partial charge in [0.25, 0.3) is 0 Å². The van der Waals surface area contributed by atoms with Gasteiger partial charge < -0.3 is 13.7 Å². The quantitative estimate of drug-likeness (QED) is 0.609. The van der Waals surface area contributed by atoms with Crippen molar-refractivity contribution in [2.45, 2.75) is 25.6 Å². The van der Waals surface area contributed by atoms with Gasteiger partial charge in [0, 0.05) is 18.4 Å². The molecule has 142 valence electrons. The number of furan rings is 1. The Morgan fingerprint density at radius 1 is 1.11 bits per heavy atom. The summed E-state index contributed by atoms with van der Waals surface area (Å²) in [6.45, 7) is -1.58. The van der Waals surface area contributed by atoms with Gasteiger partial charge in [0.15, 0.2) is 11.7 Å². The van der Waals surface area contributed by atoms with Gasteiger partial charge in [-0.3, -0.25) is 4.79 Å². The van der Waals surface area contributed by atoms with E-state index in [0.717, 1.165) is 10.5 Å². The van der Waals surface area contributed by atoms with Crippen LogP contribution < -0.4 is 0 Å². The molecular weight excluding hydrogens is 361 g/mol. The Bertz CT molecular complexity index is 858. The number of halogens is 3. The van der Waals surface area contributed by atoms with Crippen molar-refractivity contribution in [3.05, 3.63) is 66.6 Å². The molecule has 0 atom stereocenters. The summed E-state index contributed by atoms with van der Waals surface area (Å²) in [5, 5.41) is 0. The molecule has 1 aromatic carbocycles. The first-order chi connectivity index (χ1) is 12.9. The first-order valence-corrected chi connectivity index (χ1v) is 8.28. The number of carbonyl (C=O) groups excluding carboxylic acids is 1. The zero-order valence-electron chi connectivity index (χ0n) is 14.3. The summed E-state index contributed by atoms with van der Waals surface area (Å²) in [4.78, 5) is 17.1. The van der Waals surface area contributed by atoms with E-state index in [4.69, 9.17) is 8.83 Å². The van der Waals surface area contributed by atoms with E-state index in [2.05, 4.69) is 4.98 Å². The van der Waals surface area contributed by atoms with Crippen LogP contribution in [0.4, 0.5) is 13.2 Å². The van der Waals surface area contributed by atoms with Crippen LogP contribution in [0.15, 0.2) is 63.8 Å². The van der Waals surface area contributed by atoms with Crippen molar-refractivity contribution < 1.29 is 26.8 Å². The van der Waals surface area contributed by atoms with Gasteiger partial charge in [-0.25, -0.2) is 4.98 Å². The normalized spacial score (nSPS) is 11.5. The summed E-state index contributed by atoms with van der Waals surface area (Å²) in [7, 11) is 0. The number of rotatable bonds is 7. The van der Waals surface area contributed by atoms with Gasteiger partial charge in [0.1, 0.15) is 12.3 Å². The summed E-state index contributed by atoms with van der Waals surface area (Å²) in [6, 6.07) is 12.4. The van der Waals surface area contributed by atoms with E-state index in [9.17, 15) is 18.0 Å². The molecule has 5 nitrogen and oxygen atoms in total. The molecule has 0 aliphatic rings. The molecule has 0 aliphatic carbocycles. The largest absolute Gasteiger partial charge is 0.467 e. The summed E-state index contributed by atoms with van der Waals surface area (Å²) in [5.74, 6) is 0.478. The molecule has 0 saturated heterocycles. The molecule has 0 unspecified atom stereocenters. The number of aromatic nitrogens is 1. The molecule has 8 heteroatoms. The molecule has 0 aliphatic heterocycles. The van der Waals surface area contributed by atoms with Crippen LogP contribution in [0.25, 0.3) is 11.3 Å². The first-order valence-electron chi connectivity index (χ1n) is 8.28. The molecule has 0 fully saturated rings. The number of amides is 1. The fourth-order valence-corrected chi connectivity index (χ4v) is 2.57. The fraction of sp³-hybridized carbons (Fsp3) is 0.263. The lowest BCUT2D eigenvalue weighted by atomic mass is 10.2. The second kappa shape index (κ2) is 8.11. The number of aryl methyl sites for hydroxylation is 1. The monoisotopic (exact) mass is 378 g/mol. The van der Waals surface area contributed by atoms with Crippen LogP contribution >= 0.6 is 0 Å². The second-order valence-corrected chi connectivity index (χ2v) is 5.93. The van der Waals surface area contributed by atoms with Crippen LogP contribution in [0.1, 0.15) is 18.1 Å². The highest BCUT2D eigenvalue weighted by Crippen LogP contribution is 2.22. The predicted octanol–water partition coefficient (Wildman–Crippen LogP) is 4.46. The molecule has 27 heavy (non-hydrogen) atoms. The van der Waals surface area contributed by atoms with Crippen molar-refractivity contribution in [1.29, 1.82) is 0 Å². The van der Waals surface area contributed by atoms with E-state index in [1.165, 1.54) is 18.5 Å². The van der Waals surface area contributed by atoms with Crippen molar-refractivity contribution in [3.8, 4) is 11.3 Å². The molecule has 2 aromatic heterocycles. The van der Waals surface area contributed by atoms with Crippen LogP contribution in [0.5, 0.6) is 0 Å². The smallest absolute Gasteiger partial charge is 0.406 e. The Morgan fingerprint density at radius 2 is 1.89 bits per heavy atom. The molecule has 0 bridgehead atoms. The van der Waals surface area contributed by atoms with Gasteiger partial charge in [-0.15, -0.1) is 0 Å². The number of alkyl halides is 3. The summed E-state index contributed by atoms with van der Waals surface area (Å²) >= 11 is 0. The molecule has 1 amide bonds. The second-order valence-electron chi connectivity index (χ2n) is 5.93. The number of hydrogen-bond acceptors (Lipinski definition) is 4. The van der Waals surface area contributed by atoms with Crippen molar-refractivity contribution >= 4 is 5.91 Å². The molecule has 3 aromatic rings. The van der Waals surface area contributed by atoms with Crippen LogP contribution in [-0.4, -0.2) is 28.5 Å². The Hall–Kier alpha value is -3.03. The third-order valence-corrected chi connectivity index (χ3v) is 3.81. The van der Waals surface area contributed by atoms with Crippen molar-refractivity contribution in [2.24, 2.45) is 0 Å². The predicted molar refractivity (Wildman–Crippen MR) is 90.4 cm³/mol. The van der Waals surface area contributed by atoms with Gasteiger partial charge in [0.2, 0.25) is 5.91 Å². The Morgan fingerprint density at radius 3 is 2.56 bits per heavy atom. The number of carbonyl (C=O) groups is 1. The highest BCUT2D eigenvalue weighted by molar-refractivity contribution is 5.76. The number of nitrogens with zero attached hydrogens (tertiary/aromatic N) is 2. The number of hydrogen-bond donors (Lipinski definition) is 0. The lowest BCUT2D eigenvalue weighted by Gasteiger charge is -2.22. The van der Waals surface area contributed by atoms with Crippen LogP contribution in [0.3, 0.4) is 0 Å². The zero-order chi connectivity index (χ0) is 19.3. The zero-order valence-corrected chi connectivity index (χ0v) is 14.3. The standard InChI is InChI=1S/C19H17F3N2O3/c20-19(21,22)13-24(12-15-7-4-10-26-15)18(25)9-8-17-23-11-16(27-17)14-5-2-1-3-6-14/h1-7,10-11H,8-9,12-13H2. The minimum Gasteiger partial charge on any atom is -0.467 e. The van der Waals surface area contributed by atoms with Crippen molar-refractivity contribution in [3.63, 3.8) is 0 Å². The maximum atomic E-state index is 12.8. The third kappa shape index (κ3) is 5.47. The van der Waals surface area contributed by atoms with E-state index in [1.807, 2.05) is 30.3 Å². The number of oxazole rings is 1. The first kappa shape index (κ1) is 18.8. The maximum absolute atomic E-state index is 12.8.